The zero-order valence-corrected chi connectivity index (χ0v) is 11.1. The van der Waals surface area contributed by atoms with Crippen molar-refractivity contribution in [2.75, 3.05) is 31.3 Å². The molecule has 0 atom stereocenters. The van der Waals surface area contributed by atoms with Crippen LogP contribution in [0.1, 0.15) is 5.56 Å². The highest BCUT2D eigenvalue weighted by Crippen LogP contribution is 2.33. The Labute approximate surface area is 118 Å². The van der Waals surface area contributed by atoms with Crippen LogP contribution in [0.3, 0.4) is 0 Å². The first-order valence-electron chi connectivity index (χ1n) is 6.53. The van der Waals surface area contributed by atoms with Gasteiger partial charge in [0.1, 0.15) is 0 Å². The summed E-state index contributed by atoms with van der Waals surface area (Å²) in [4.78, 5) is 12.2. The highest BCUT2D eigenvalue weighted by atomic mass is 19.4. The maximum Gasteiger partial charge on any atom is 0.417 e. The molecular formula is C14H13F3N2O2. The number of ether oxygens (including phenoxy) is 1. The van der Waals surface area contributed by atoms with Crippen LogP contribution in [0.4, 0.5) is 13.2 Å². The minimum Gasteiger partial charge on any atom is -0.378 e. The average molecular weight is 298 g/mol. The van der Waals surface area contributed by atoms with Crippen molar-refractivity contribution in [2.45, 2.75) is 6.18 Å². The van der Waals surface area contributed by atoms with E-state index in [0.29, 0.717) is 32.4 Å². The second kappa shape index (κ2) is 5.07. The highest BCUT2D eigenvalue weighted by molar-refractivity contribution is 5.83. The van der Waals surface area contributed by atoms with Crippen molar-refractivity contribution in [1.82, 2.24) is 4.68 Å². The Morgan fingerprint density at radius 1 is 1.10 bits per heavy atom. The molecule has 112 valence electrons. The number of aromatic nitrogens is 1. The van der Waals surface area contributed by atoms with Crippen molar-refractivity contribution in [1.29, 1.82) is 0 Å². The average Bonchev–Trinajstić information content (AvgIpc) is 2.46. The molecule has 1 aromatic heterocycles. The van der Waals surface area contributed by atoms with Gasteiger partial charge in [-0.1, -0.05) is 18.2 Å². The summed E-state index contributed by atoms with van der Waals surface area (Å²) >= 11 is 0. The number of benzene rings is 1. The van der Waals surface area contributed by atoms with E-state index in [0.717, 1.165) is 0 Å². The molecule has 0 N–H and O–H groups in total. The minimum atomic E-state index is -4.55. The first-order chi connectivity index (χ1) is 9.98. The summed E-state index contributed by atoms with van der Waals surface area (Å²) in [6.45, 7) is 1.83. The topological polar surface area (TPSA) is 34.5 Å². The van der Waals surface area contributed by atoms with Gasteiger partial charge in [0.2, 0.25) is 0 Å². The molecule has 7 heteroatoms. The molecule has 2 heterocycles. The molecule has 1 aromatic carbocycles. The van der Waals surface area contributed by atoms with Gasteiger partial charge >= 0.3 is 6.18 Å². The fraction of sp³-hybridized carbons (Fsp3) is 0.357. The van der Waals surface area contributed by atoms with Crippen LogP contribution in [0.2, 0.25) is 0 Å². The highest BCUT2D eigenvalue weighted by Gasteiger charge is 2.34. The van der Waals surface area contributed by atoms with E-state index in [1.807, 2.05) is 0 Å². The van der Waals surface area contributed by atoms with Crippen LogP contribution in [0, 0.1) is 0 Å². The van der Waals surface area contributed by atoms with Gasteiger partial charge in [-0.05, 0) is 6.07 Å². The predicted octanol–water partition coefficient (Wildman–Crippen LogP) is 1.99. The third kappa shape index (κ3) is 2.49. The van der Waals surface area contributed by atoms with Crippen molar-refractivity contribution >= 4 is 10.9 Å². The molecule has 1 aliphatic heterocycles. The summed E-state index contributed by atoms with van der Waals surface area (Å²) in [6, 6.07) is 6.73. The fourth-order valence-electron chi connectivity index (χ4n) is 2.55. The predicted molar refractivity (Wildman–Crippen MR) is 72.0 cm³/mol. The molecule has 0 amide bonds. The van der Waals surface area contributed by atoms with E-state index in [-0.39, 0.29) is 10.9 Å². The van der Waals surface area contributed by atoms with E-state index in [1.165, 1.54) is 22.9 Å². The summed E-state index contributed by atoms with van der Waals surface area (Å²) in [5, 5.41) is 1.74. The van der Waals surface area contributed by atoms with Gasteiger partial charge in [-0.15, -0.1) is 0 Å². The summed E-state index contributed by atoms with van der Waals surface area (Å²) in [7, 11) is 0. The fourth-order valence-corrected chi connectivity index (χ4v) is 2.55. The normalized spacial score (nSPS) is 16.4. The molecule has 0 radical (unpaired) electrons. The van der Waals surface area contributed by atoms with E-state index in [1.54, 1.807) is 11.1 Å². The molecular weight excluding hydrogens is 285 g/mol. The first-order valence-corrected chi connectivity index (χ1v) is 6.53. The molecule has 0 bridgehead atoms. The molecule has 0 aliphatic carbocycles. The Morgan fingerprint density at radius 3 is 2.43 bits per heavy atom. The van der Waals surface area contributed by atoms with Crippen molar-refractivity contribution in [2.24, 2.45) is 0 Å². The monoisotopic (exact) mass is 298 g/mol. The van der Waals surface area contributed by atoms with Gasteiger partial charge < -0.3 is 9.75 Å². The smallest absolute Gasteiger partial charge is 0.378 e. The Balaban J connectivity index is 2.27. The van der Waals surface area contributed by atoms with Gasteiger partial charge in [-0.2, -0.15) is 13.2 Å². The third-order valence-corrected chi connectivity index (χ3v) is 3.47. The standard InChI is InChI=1S/C14H13F3N2O2/c15-14(16,17)11-9-13(20)19(18-5-7-21-8-6-18)12-4-2-1-3-10(11)12/h1-4,9H,5-8H2. The maximum absolute atomic E-state index is 13.1. The van der Waals surface area contributed by atoms with Crippen LogP contribution in [-0.4, -0.2) is 31.0 Å². The number of pyridine rings is 1. The second-order valence-corrected chi connectivity index (χ2v) is 4.79. The van der Waals surface area contributed by atoms with Crippen molar-refractivity contribution in [3.05, 3.63) is 46.2 Å². The van der Waals surface area contributed by atoms with Gasteiger partial charge in [0, 0.05) is 11.5 Å². The molecule has 1 aliphatic rings. The van der Waals surface area contributed by atoms with Crippen molar-refractivity contribution in [3.63, 3.8) is 0 Å². The number of hydrogen-bond donors (Lipinski definition) is 0. The molecule has 21 heavy (non-hydrogen) atoms. The molecule has 4 nitrogen and oxygen atoms in total. The maximum atomic E-state index is 13.1. The van der Waals surface area contributed by atoms with Crippen LogP contribution in [0.15, 0.2) is 35.1 Å². The number of halogens is 3. The van der Waals surface area contributed by atoms with E-state index >= 15 is 0 Å². The lowest BCUT2D eigenvalue weighted by Gasteiger charge is -2.31. The van der Waals surface area contributed by atoms with Crippen molar-refractivity contribution in [3.8, 4) is 0 Å². The van der Waals surface area contributed by atoms with Crippen LogP contribution in [0.5, 0.6) is 0 Å². The lowest BCUT2D eigenvalue weighted by atomic mass is 10.1. The number of rotatable bonds is 1. The lowest BCUT2D eigenvalue weighted by Crippen LogP contribution is -2.49. The number of alkyl halides is 3. The Hall–Kier alpha value is -2.02. The van der Waals surface area contributed by atoms with Crippen LogP contribution >= 0.6 is 0 Å². The van der Waals surface area contributed by atoms with Crippen LogP contribution in [0.25, 0.3) is 10.9 Å². The largest absolute Gasteiger partial charge is 0.417 e. The molecule has 0 unspecified atom stereocenters. The molecule has 0 spiro atoms. The SMILES string of the molecule is O=c1cc(C(F)(F)F)c2ccccc2n1N1CCOCC1. The van der Waals surface area contributed by atoms with E-state index in [9.17, 15) is 18.0 Å². The Bertz CT molecular complexity index is 718. The van der Waals surface area contributed by atoms with E-state index < -0.39 is 17.3 Å². The molecule has 2 aromatic rings. The Morgan fingerprint density at radius 2 is 1.76 bits per heavy atom. The first kappa shape index (κ1) is 13.9. The van der Waals surface area contributed by atoms with E-state index in [2.05, 4.69) is 0 Å². The van der Waals surface area contributed by atoms with Gasteiger partial charge in [0.15, 0.2) is 0 Å². The molecule has 1 fully saturated rings. The number of para-hydroxylation sites is 1. The number of morpholine rings is 1. The quantitative estimate of drug-likeness (QED) is 0.807. The summed E-state index contributed by atoms with van der Waals surface area (Å²) in [5.74, 6) is 0. The summed E-state index contributed by atoms with van der Waals surface area (Å²) in [6.07, 6.45) is -4.55. The van der Waals surface area contributed by atoms with Gasteiger partial charge in [-0.3, -0.25) is 4.79 Å². The van der Waals surface area contributed by atoms with Crippen LogP contribution in [-0.2, 0) is 10.9 Å². The minimum absolute atomic E-state index is 0.0242. The number of fused-ring (bicyclic) bond motifs is 1. The molecule has 3 rings (SSSR count). The Kier molecular flexibility index (Phi) is 3.36. The third-order valence-electron chi connectivity index (χ3n) is 3.47. The lowest BCUT2D eigenvalue weighted by molar-refractivity contribution is -0.136. The number of hydrogen-bond acceptors (Lipinski definition) is 3. The van der Waals surface area contributed by atoms with Gasteiger partial charge in [0.05, 0.1) is 37.4 Å². The zero-order valence-electron chi connectivity index (χ0n) is 11.1. The molecule has 0 saturated carbocycles. The van der Waals surface area contributed by atoms with Gasteiger partial charge in [-0.25, -0.2) is 4.68 Å². The summed E-state index contributed by atoms with van der Waals surface area (Å²) in [5.41, 5.74) is -1.31. The van der Waals surface area contributed by atoms with Gasteiger partial charge in [0.25, 0.3) is 5.56 Å². The van der Waals surface area contributed by atoms with E-state index in [4.69, 9.17) is 4.74 Å². The van der Waals surface area contributed by atoms with Crippen molar-refractivity contribution < 1.29 is 17.9 Å². The second-order valence-electron chi connectivity index (χ2n) is 4.79. The molecule has 1 saturated heterocycles. The van der Waals surface area contributed by atoms with Crippen LogP contribution < -0.4 is 10.6 Å². The number of nitrogens with zero attached hydrogens (tertiary/aromatic N) is 2. The zero-order chi connectivity index (χ0) is 15.0. The summed E-state index contributed by atoms with van der Waals surface area (Å²) < 4.78 is 45.8.